The third kappa shape index (κ3) is 1.98. The molecule has 2 rings (SSSR count). The molecular weight excluding hydrogens is 248 g/mol. The normalized spacial score (nSPS) is 24.3. The van der Waals surface area contributed by atoms with Gasteiger partial charge in [0.25, 0.3) is 11.8 Å². The molecule has 6 nitrogen and oxygen atoms in total. The minimum Gasteiger partial charge on any atom is -0.373 e. The average molecular weight is 264 g/mol. The number of hydrogen-bond acceptors (Lipinski definition) is 4. The third-order valence-corrected chi connectivity index (χ3v) is 3.75. The Kier molecular flexibility index (Phi) is 3.28. The molecule has 0 aromatic heterocycles. The molecule has 19 heavy (non-hydrogen) atoms. The van der Waals surface area contributed by atoms with Crippen LogP contribution in [0.1, 0.15) is 13.3 Å². The highest BCUT2D eigenvalue weighted by molar-refractivity contribution is 6.20. The van der Waals surface area contributed by atoms with Crippen molar-refractivity contribution in [2.24, 2.45) is 5.92 Å². The maximum Gasteiger partial charge on any atom is 0.260 e. The summed E-state index contributed by atoms with van der Waals surface area (Å²) in [6, 6.07) is 0. The third-order valence-electron chi connectivity index (χ3n) is 3.75. The molecule has 1 N–H and O–H groups in total. The molecular formula is C13H16N2O4. The number of amides is 3. The van der Waals surface area contributed by atoms with Crippen LogP contribution in [0.3, 0.4) is 0 Å². The Morgan fingerprint density at radius 3 is 2.68 bits per heavy atom. The number of carbonyl (C=O) groups is 3. The van der Waals surface area contributed by atoms with Crippen LogP contribution in [0.25, 0.3) is 0 Å². The molecule has 0 bridgehead atoms. The molecule has 1 heterocycles. The standard InChI is InChI=1S/C13H16N2O4/c1-7-4-9-10(13(19)15(3)12(9)18)5-8(7)11(17)14(2)6-16/h4,6,8,11,17H,5H2,1-3H3. The Morgan fingerprint density at radius 2 is 2.11 bits per heavy atom. The number of aliphatic hydroxyl groups excluding tert-OH is 1. The summed E-state index contributed by atoms with van der Waals surface area (Å²) in [6.07, 6.45) is 1.44. The summed E-state index contributed by atoms with van der Waals surface area (Å²) in [5.74, 6) is -0.997. The fraction of sp³-hybridized carbons (Fsp3) is 0.462. The van der Waals surface area contributed by atoms with Crippen LogP contribution >= 0.6 is 0 Å². The monoisotopic (exact) mass is 264 g/mol. The van der Waals surface area contributed by atoms with E-state index in [1.54, 1.807) is 13.0 Å². The van der Waals surface area contributed by atoms with E-state index in [-0.39, 0.29) is 24.2 Å². The first-order valence-electron chi connectivity index (χ1n) is 5.97. The number of likely N-dealkylation sites (N-methyl/N-ethyl adjacent to an activating group) is 1. The SMILES string of the molecule is CC1=CC2=C(CC1C(O)N(C)C=O)C(=O)N(C)C2=O. The van der Waals surface area contributed by atoms with Crippen molar-refractivity contribution in [1.29, 1.82) is 0 Å². The Morgan fingerprint density at radius 1 is 1.47 bits per heavy atom. The summed E-state index contributed by atoms with van der Waals surface area (Å²) < 4.78 is 0. The van der Waals surface area contributed by atoms with Gasteiger partial charge in [-0.1, -0.05) is 5.57 Å². The van der Waals surface area contributed by atoms with Gasteiger partial charge in [0, 0.05) is 31.2 Å². The molecule has 0 saturated carbocycles. The van der Waals surface area contributed by atoms with Crippen LogP contribution in [0, 0.1) is 5.92 Å². The maximum atomic E-state index is 11.9. The number of hydrogen-bond donors (Lipinski definition) is 1. The van der Waals surface area contributed by atoms with Crippen molar-refractivity contribution in [2.75, 3.05) is 14.1 Å². The summed E-state index contributed by atoms with van der Waals surface area (Å²) in [6.45, 7) is 1.78. The molecule has 0 fully saturated rings. The van der Waals surface area contributed by atoms with Crippen LogP contribution in [-0.2, 0) is 14.4 Å². The van der Waals surface area contributed by atoms with E-state index in [1.165, 1.54) is 14.1 Å². The summed E-state index contributed by atoms with van der Waals surface area (Å²) >= 11 is 0. The van der Waals surface area contributed by atoms with Crippen molar-refractivity contribution < 1.29 is 19.5 Å². The van der Waals surface area contributed by atoms with Gasteiger partial charge in [-0.2, -0.15) is 0 Å². The van der Waals surface area contributed by atoms with E-state index in [0.29, 0.717) is 17.6 Å². The van der Waals surface area contributed by atoms with Gasteiger partial charge in [-0.05, 0) is 19.4 Å². The fourth-order valence-electron chi connectivity index (χ4n) is 2.47. The van der Waals surface area contributed by atoms with E-state index < -0.39 is 6.23 Å². The van der Waals surface area contributed by atoms with E-state index in [0.717, 1.165) is 15.4 Å². The average Bonchev–Trinajstić information content (AvgIpc) is 2.61. The first kappa shape index (κ1) is 13.5. The van der Waals surface area contributed by atoms with E-state index in [4.69, 9.17) is 0 Å². The smallest absolute Gasteiger partial charge is 0.260 e. The van der Waals surface area contributed by atoms with E-state index in [9.17, 15) is 19.5 Å². The second-order valence-electron chi connectivity index (χ2n) is 4.95. The number of imide groups is 1. The summed E-state index contributed by atoms with van der Waals surface area (Å²) in [5, 5.41) is 10.1. The van der Waals surface area contributed by atoms with Crippen LogP contribution in [0.2, 0.25) is 0 Å². The molecule has 3 amide bonds. The number of carbonyl (C=O) groups excluding carboxylic acids is 3. The van der Waals surface area contributed by atoms with E-state index in [1.807, 2.05) is 0 Å². The maximum absolute atomic E-state index is 11.9. The molecule has 1 aliphatic heterocycles. The zero-order valence-corrected chi connectivity index (χ0v) is 11.1. The zero-order valence-electron chi connectivity index (χ0n) is 11.1. The van der Waals surface area contributed by atoms with Gasteiger partial charge >= 0.3 is 0 Å². The number of nitrogens with zero attached hydrogens (tertiary/aromatic N) is 2. The number of aliphatic hydroxyl groups is 1. The molecule has 2 atom stereocenters. The summed E-state index contributed by atoms with van der Waals surface area (Å²) in [5.41, 5.74) is 1.61. The van der Waals surface area contributed by atoms with E-state index in [2.05, 4.69) is 0 Å². The Labute approximate surface area is 111 Å². The Bertz CT molecular complexity index is 521. The first-order valence-corrected chi connectivity index (χ1v) is 5.97. The largest absolute Gasteiger partial charge is 0.373 e. The van der Waals surface area contributed by atoms with Crippen molar-refractivity contribution in [3.8, 4) is 0 Å². The molecule has 0 aromatic rings. The predicted molar refractivity (Wildman–Crippen MR) is 66.5 cm³/mol. The van der Waals surface area contributed by atoms with Crippen molar-refractivity contribution in [2.45, 2.75) is 19.6 Å². The lowest BCUT2D eigenvalue weighted by molar-refractivity contribution is -0.135. The summed E-state index contributed by atoms with van der Waals surface area (Å²) in [7, 11) is 2.91. The molecule has 0 spiro atoms. The van der Waals surface area contributed by atoms with Crippen LogP contribution < -0.4 is 0 Å². The lowest BCUT2D eigenvalue weighted by atomic mass is 9.83. The Hall–Kier alpha value is -1.95. The van der Waals surface area contributed by atoms with Crippen molar-refractivity contribution >= 4 is 18.2 Å². The fourth-order valence-corrected chi connectivity index (χ4v) is 2.47. The lowest BCUT2D eigenvalue weighted by Gasteiger charge is -2.30. The van der Waals surface area contributed by atoms with Crippen LogP contribution in [-0.4, -0.2) is 53.5 Å². The van der Waals surface area contributed by atoms with Crippen LogP contribution in [0.4, 0.5) is 0 Å². The van der Waals surface area contributed by atoms with E-state index >= 15 is 0 Å². The highest BCUT2D eigenvalue weighted by atomic mass is 16.3. The van der Waals surface area contributed by atoms with Gasteiger partial charge in [-0.3, -0.25) is 19.3 Å². The number of rotatable bonds is 3. The molecule has 0 saturated heterocycles. The van der Waals surface area contributed by atoms with Gasteiger partial charge in [-0.25, -0.2) is 0 Å². The topological polar surface area (TPSA) is 77.9 Å². The van der Waals surface area contributed by atoms with Gasteiger partial charge in [-0.15, -0.1) is 0 Å². The zero-order chi connectivity index (χ0) is 14.3. The highest BCUT2D eigenvalue weighted by Gasteiger charge is 2.40. The van der Waals surface area contributed by atoms with Gasteiger partial charge in [0.15, 0.2) is 0 Å². The molecule has 0 aromatic carbocycles. The molecule has 0 radical (unpaired) electrons. The second kappa shape index (κ2) is 4.62. The minimum atomic E-state index is -1.00. The first-order chi connectivity index (χ1) is 8.88. The molecule has 6 heteroatoms. The van der Waals surface area contributed by atoms with Crippen LogP contribution in [0.5, 0.6) is 0 Å². The molecule has 2 aliphatic rings. The van der Waals surface area contributed by atoms with Crippen molar-refractivity contribution in [3.05, 3.63) is 22.8 Å². The quantitative estimate of drug-likeness (QED) is 0.429. The lowest BCUT2D eigenvalue weighted by Crippen LogP contribution is -2.38. The van der Waals surface area contributed by atoms with Crippen molar-refractivity contribution in [1.82, 2.24) is 9.80 Å². The van der Waals surface area contributed by atoms with Gasteiger partial charge in [0.05, 0.1) is 0 Å². The predicted octanol–water partition coefficient (Wildman–Crippen LogP) is -0.346. The molecule has 1 aliphatic carbocycles. The summed E-state index contributed by atoms with van der Waals surface area (Å²) in [4.78, 5) is 36.7. The Balaban J connectivity index is 2.32. The minimum absolute atomic E-state index is 0.270. The van der Waals surface area contributed by atoms with Gasteiger partial charge in [0.1, 0.15) is 6.23 Å². The molecule has 102 valence electrons. The van der Waals surface area contributed by atoms with Crippen LogP contribution in [0.15, 0.2) is 22.8 Å². The molecule has 2 unspecified atom stereocenters. The van der Waals surface area contributed by atoms with Gasteiger partial charge < -0.3 is 10.0 Å². The van der Waals surface area contributed by atoms with Gasteiger partial charge in [0.2, 0.25) is 6.41 Å². The second-order valence-corrected chi connectivity index (χ2v) is 4.95. The van der Waals surface area contributed by atoms with Crippen molar-refractivity contribution in [3.63, 3.8) is 0 Å². The highest BCUT2D eigenvalue weighted by Crippen LogP contribution is 2.36.